The summed E-state index contributed by atoms with van der Waals surface area (Å²) in [5.41, 5.74) is -0.0537. The minimum Gasteiger partial charge on any atom is -0.508 e. The number of phenolic OH excluding ortho intramolecular Hbond substituents is 1. The summed E-state index contributed by atoms with van der Waals surface area (Å²) in [4.78, 5) is 13.9. The molecule has 0 radical (unpaired) electrons. The molecule has 1 fully saturated rings. The van der Waals surface area contributed by atoms with E-state index < -0.39 is 11.5 Å². The topological polar surface area (TPSA) is 60.8 Å². The van der Waals surface area contributed by atoms with Crippen molar-refractivity contribution in [1.29, 1.82) is 0 Å². The molecule has 0 aromatic heterocycles. The number of benzene rings is 1. The number of carbonyl (C=O) groups is 1. The van der Waals surface area contributed by atoms with Crippen LogP contribution >= 0.6 is 0 Å². The van der Waals surface area contributed by atoms with Crippen molar-refractivity contribution in [3.05, 3.63) is 29.8 Å². The third-order valence-electron chi connectivity index (χ3n) is 4.40. The second kappa shape index (κ2) is 5.83. The van der Waals surface area contributed by atoms with E-state index in [9.17, 15) is 15.0 Å². The van der Waals surface area contributed by atoms with Gasteiger partial charge in [0.25, 0.3) is 0 Å². The molecule has 0 spiro atoms. The number of aliphatic carboxylic acids is 1. The van der Waals surface area contributed by atoms with Crippen molar-refractivity contribution >= 4 is 5.97 Å². The molecule has 1 heterocycles. The highest BCUT2D eigenvalue weighted by Gasteiger charge is 2.40. The van der Waals surface area contributed by atoms with Gasteiger partial charge in [0.2, 0.25) is 0 Å². The van der Waals surface area contributed by atoms with Gasteiger partial charge in [-0.05, 0) is 56.5 Å². The van der Waals surface area contributed by atoms with Crippen LogP contribution in [0.4, 0.5) is 0 Å². The number of hydrogen-bond acceptors (Lipinski definition) is 3. The monoisotopic (exact) mass is 277 g/mol. The first-order valence-corrected chi connectivity index (χ1v) is 7.18. The van der Waals surface area contributed by atoms with Crippen molar-refractivity contribution in [3.63, 3.8) is 0 Å². The van der Waals surface area contributed by atoms with Gasteiger partial charge in [0.05, 0.1) is 0 Å². The summed E-state index contributed by atoms with van der Waals surface area (Å²) in [6.45, 7) is 5.64. The highest BCUT2D eigenvalue weighted by atomic mass is 16.4. The second-order valence-corrected chi connectivity index (χ2v) is 6.10. The van der Waals surface area contributed by atoms with Crippen LogP contribution in [0.25, 0.3) is 0 Å². The van der Waals surface area contributed by atoms with Crippen molar-refractivity contribution in [1.82, 2.24) is 4.90 Å². The lowest BCUT2D eigenvalue weighted by Crippen LogP contribution is -2.56. The maximum absolute atomic E-state index is 11.8. The summed E-state index contributed by atoms with van der Waals surface area (Å²) >= 11 is 0. The van der Waals surface area contributed by atoms with Crippen LogP contribution in [0.2, 0.25) is 0 Å². The third kappa shape index (κ3) is 3.12. The predicted octanol–water partition coefficient (Wildman–Crippen LogP) is 2.51. The van der Waals surface area contributed by atoms with E-state index in [-0.39, 0.29) is 5.75 Å². The van der Waals surface area contributed by atoms with Crippen LogP contribution in [-0.4, -0.2) is 39.7 Å². The van der Waals surface area contributed by atoms with E-state index in [0.29, 0.717) is 12.3 Å². The third-order valence-corrected chi connectivity index (χ3v) is 4.40. The van der Waals surface area contributed by atoms with Crippen molar-refractivity contribution in [2.75, 3.05) is 13.1 Å². The molecule has 0 aliphatic carbocycles. The molecular weight excluding hydrogens is 254 g/mol. The molecule has 4 heteroatoms. The van der Waals surface area contributed by atoms with E-state index in [4.69, 9.17) is 0 Å². The zero-order valence-corrected chi connectivity index (χ0v) is 12.2. The van der Waals surface area contributed by atoms with E-state index >= 15 is 0 Å². The number of carboxylic acid groups (broad SMARTS) is 1. The first kappa shape index (κ1) is 14.9. The molecule has 4 nitrogen and oxygen atoms in total. The first-order chi connectivity index (χ1) is 9.41. The van der Waals surface area contributed by atoms with Crippen LogP contribution < -0.4 is 0 Å². The maximum atomic E-state index is 11.8. The second-order valence-electron chi connectivity index (χ2n) is 6.10. The molecule has 0 amide bonds. The Kier molecular flexibility index (Phi) is 4.33. The van der Waals surface area contributed by atoms with Gasteiger partial charge in [-0.1, -0.05) is 19.1 Å². The van der Waals surface area contributed by atoms with Gasteiger partial charge in [-0.25, -0.2) is 0 Å². The van der Waals surface area contributed by atoms with Gasteiger partial charge in [0.15, 0.2) is 0 Å². The van der Waals surface area contributed by atoms with Crippen LogP contribution in [-0.2, 0) is 11.2 Å². The summed E-state index contributed by atoms with van der Waals surface area (Å²) in [5.74, 6) is 0.0583. The van der Waals surface area contributed by atoms with Gasteiger partial charge in [0, 0.05) is 6.42 Å². The Morgan fingerprint density at radius 2 is 2.05 bits per heavy atom. The van der Waals surface area contributed by atoms with E-state index in [1.165, 1.54) is 0 Å². The normalized spacial score (nSPS) is 20.5. The van der Waals surface area contributed by atoms with E-state index in [2.05, 4.69) is 11.8 Å². The summed E-state index contributed by atoms with van der Waals surface area (Å²) in [5, 5.41) is 19.2. The lowest BCUT2D eigenvalue weighted by atomic mass is 9.87. The van der Waals surface area contributed by atoms with Crippen LogP contribution in [0, 0.1) is 5.92 Å². The van der Waals surface area contributed by atoms with Crippen LogP contribution in [0.1, 0.15) is 32.3 Å². The zero-order valence-electron chi connectivity index (χ0n) is 12.2. The molecule has 1 unspecified atom stereocenters. The number of piperidine rings is 1. The summed E-state index contributed by atoms with van der Waals surface area (Å²) in [7, 11) is 0. The fraction of sp³-hybridized carbons (Fsp3) is 0.562. The number of likely N-dealkylation sites (tertiary alicyclic amines) is 1. The molecular formula is C16H23NO3. The highest BCUT2D eigenvalue weighted by molar-refractivity contribution is 5.78. The van der Waals surface area contributed by atoms with Crippen LogP contribution in [0.5, 0.6) is 5.75 Å². The smallest absolute Gasteiger partial charge is 0.324 e. The SMILES string of the molecule is CC1CCN(C(C)(Cc2cccc(O)c2)C(=O)O)CC1. The van der Waals surface area contributed by atoms with Gasteiger partial charge in [-0.3, -0.25) is 9.69 Å². The molecule has 0 bridgehead atoms. The molecule has 1 aromatic carbocycles. The Morgan fingerprint density at radius 3 is 2.60 bits per heavy atom. The van der Waals surface area contributed by atoms with Gasteiger partial charge in [-0.15, -0.1) is 0 Å². The highest BCUT2D eigenvalue weighted by Crippen LogP contribution is 2.28. The molecule has 110 valence electrons. The molecule has 20 heavy (non-hydrogen) atoms. The van der Waals surface area contributed by atoms with Crippen molar-refractivity contribution in [2.24, 2.45) is 5.92 Å². The Bertz CT molecular complexity index is 480. The Morgan fingerprint density at radius 1 is 1.40 bits per heavy atom. The van der Waals surface area contributed by atoms with E-state index in [1.54, 1.807) is 25.1 Å². The summed E-state index contributed by atoms with van der Waals surface area (Å²) < 4.78 is 0. The molecule has 1 aromatic rings. The van der Waals surface area contributed by atoms with Crippen molar-refractivity contribution < 1.29 is 15.0 Å². The largest absolute Gasteiger partial charge is 0.508 e. The van der Waals surface area contributed by atoms with Gasteiger partial charge in [0.1, 0.15) is 11.3 Å². The molecule has 1 saturated heterocycles. The molecule has 1 aliphatic rings. The standard InChI is InChI=1S/C16H23NO3/c1-12-6-8-17(9-7-12)16(2,15(19)20)11-13-4-3-5-14(18)10-13/h3-5,10,12,18H,6-9,11H2,1-2H3,(H,19,20). The summed E-state index contributed by atoms with van der Waals surface area (Å²) in [6.07, 6.45) is 2.50. The molecule has 1 atom stereocenters. The predicted molar refractivity (Wildman–Crippen MR) is 77.8 cm³/mol. The molecule has 2 rings (SSSR count). The van der Waals surface area contributed by atoms with Gasteiger partial charge in [-0.2, -0.15) is 0 Å². The lowest BCUT2D eigenvalue weighted by Gasteiger charge is -2.42. The average molecular weight is 277 g/mol. The number of rotatable bonds is 4. The Balaban J connectivity index is 2.19. The average Bonchev–Trinajstić information content (AvgIpc) is 2.39. The van der Waals surface area contributed by atoms with Gasteiger partial charge >= 0.3 is 5.97 Å². The lowest BCUT2D eigenvalue weighted by molar-refractivity contribution is -0.151. The molecule has 1 aliphatic heterocycles. The number of aromatic hydroxyl groups is 1. The van der Waals surface area contributed by atoms with Crippen molar-refractivity contribution in [3.8, 4) is 5.75 Å². The number of phenols is 1. The number of hydrogen-bond donors (Lipinski definition) is 2. The van der Waals surface area contributed by atoms with Gasteiger partial charge < -0.3 is 10.2 Å². The first-order valence-electron chi connectivity index (χ1n) is 7.18. The quantitative estimate of drug-likeness (QED) is 0.887. The maximum Gasteiger partial charge on any atom is 0.324 e. The Labute approximate surface area is 120 Å². The fourth-order valence-corrected chi connectivity index (χ4v) is 2.89. The zero-order chi connectivity index (χ0) is 14.8. The van der Waals surface area contributed by atoms with Crippen LogP contribution in [0.3, 0.4) is 0 Å². The molecule has 2 N–H and O–H groups in total. The number of nitrogens with zero attached hydrogens (tertiary/aromatic N) is 1. The van der Waals surface area contributed by atoms with E-state index in [1.807, 2.05) is 6.07 Å². The summed E-state index contributed by atoms with van der Waals surface area (Å²) in [6, 6.07) is 6.87. The Hall–Kier alpha value is -1.55. The van der Waals surface area contributed by atoms with Crippen molar-refractivity contribution in [2.45, 2.75) is 38.6 Å². The minimum atomic E-state index is -0.909. The fourth-order valence-electron chi connectivity index (χ4n) is 2.89. The number of carboxylic acids is 1. The molecule has 0 saturated carbocycles. The van der Waals surface area contributed by atoms with E-state index in [0.717, 1.165) is 31.5 Å². The minimum absolute atomic E-state index is 0.183. The van der Waals surface area contributed by atoms with Crippen LogP contribution in [0.15, 0.2) is 24.3 Å².